The van der Waals surface area contributed by atoms with E-state index in [2.05, 4.69) is 37.1 Å². The molecule has 0 aliphatic heterocycles. The molecule has 1 atom stereocenters. The van der Waals surface area contributed by atoms with Crippen molar-refractivity contribution in [1.29, 1.82) is 0 Å². The minimum absolute atomic E-state index is 0.130. The van der Waals surface area contributed by atoms with Crippen molar-refractivity contribution < 1.29 is 5.11 Å². The Balaban J connectivity index is 1.63. The van der Waals surface area contributed by atoms with Gasteiger partial charge in [-0.25, -0.2) is 9.97 Å². The van der Waals surface area contributed by atoms with Crippen molar-refractivity contribution >= 4 is 17.3 Å². The molecule has 0 saturated carbocycles. The number of thiophene rings is 1. The Bertz CT molecular complexity index is 718. The molecule has 3 aromatic rings. The highest BCUT2D eigenvalue weighted by Gasteiger charge is 2.10. The van der Waals surface area contributed by atoms with Gasteiger partial charge in [-0.15, -0.1) is 0 Å². The first-order valence-corrected chi connectivity index (χ1v) is 8.38. The third-order valence-electron chi connectivity index (χ3n) is 3.52. The van der Waals surface area contributed by atoms with Crippen LogP contribution in [-0.4, -0.2) is 33.2 Å². The Morgan fingerprint density at radius 2 is 2.17 bits per heavy atom. The normalized spacial score (nSPS) is 12.0. The zero-order chi connectivity index (χ0) is 15.9. The van der Waals surface area contributed by atoms with E-state index in [0.29, 0.717) is 12.5 Å². The van der Waals surface area contributed by atoms with Crippen LogP contribution in [0.4, 0.5) is 5.95 Å². The summed E-state index contributed by atoms with van der Waals surface area (Å²) < 4.78 is 0. The molecule has 0 aromatic carbocycles. The van der Waals surface area contributed by atoms with E-state index in [1.807, 2.05) is 18.2 Å². The standard InChI is InChI=1S/C17H18N4OS/c22-11-14(8-13-4-7-23-12-13)9-20-17-19-6-3-16(21-17)15-2-1-5-18-10-15/h1-7,10,12,14,22H,8-9,11H2,(H,19,20,21)/t14-/m0/s1. The summed E-state index contributed by atoms with van der Waals surface area (Å²) in [6.45, 7) is 0.758. The fourth-order valence-electron chi connectivity index (χ4n) is 2.30. The van der Waals surface area contributed by atoms with Gasteiger partial charge in [0.15, 0.2) is 0 Å². The number of aromatic nitrogens is 3. The highest BCUT2D eigenvalue weighted by molar-refractivity contribution is 7.07. The van der Waals surface area contributed by atoms with E-state index in [-0.39, 0.29) is 12.5 Å². The summed E-state index contributed by atoms with van der Waals surface area (Å²) in [4.78, 5) is 12.9. The lowest BCUT2D eigenvalue weighted by Crippen LogP contribution is -2.21. The van der Waals surface area contributed by atoms with Crippen LogP contribution >= 0.6 is 11.3 Å². The van der Waals surface area contributed by atoms with Crippen LogP contribution in [0, 0.1) is 5.92 Å². The fraction of sp³-hybridized carbons (Fsp3) is 0.235. The van der Waals surface area contributed by atoms with Crippen LogP contribution in [0.25, 0.3) is 11.3 Å². The number of rotatable bonds is 7. The Kier molecular flexibility index (Phi) is 5.29. The van der Waals surface area contributed by atoms with Crippen LogP contribution in [0.3, 0.4) is 0 Å². The molecule has 0 spiro atoms. The second-order valence-electron chi connectivity index (χ2n) is 5.27. The van der Waals surface area contributed by atoms with Gasteiger partial charge in [-0.2, -0.15) is 11.3 Å². The highest BCUT2D eigenvalue weighted by atomic mass is 32.1. The average molecular weight is 326 g/mol. The maximum Gasteiger partial charge on any atom is 0.223 e. The average Bonchev–Trinajstić information content (AvgIpc) is 3.13. The van der Waals surface area contributed by atoms with Crippen LogP contribution < -0.4 is 5.32 Å². The van der Waals surface area contributed by atoms with E-state index < -0.39 is 0 Å². The van der Waals surface area contributed by atoms with Crippen molar-refractivity contribution in [2.24, 2.45) is 5.92 Å². The van der Waals surface area contributed by atoms with Crippen molar-refractivity contribution in [3.05, 3.63) is 59.2 Å². The summed E-state index contributed by atoms with van der Waals surface area (Å²) in [6, 6.07) is 7.79. The van der Waals surface area contributed by atoms with Crippen molar-refractivity contribution in [3.63, 3.8) is 0 Å². The minimum atomic E-state index is 0.130. The second kappa shape index (κ2) is 7.80. The number of anilines is 1. The van der Waals surface area contributed by atoms with Crippen molar-refractivity contribution in [1.82, 2.24) is 15.0 Å². The van der Waals surface area contributed by atoms with Gasteiger partial charge in [0.1, 0.15) is 0 Å². The first kappa shape index (κ1) is 15.6. The smallest absolute Gasteiger partial charge is 0.223 e. The quantitative estimate of drug-likeness (QED) is 0.698. The number of nitrogens with zero attached hydrogens (tertiary/aromatic N) is 3. The molecule has 0 aliphatic carbocycles. The lowest BCUT2D eigenvalue weighted by atomic mass is 10.0. The first-order valence-electron chi connectivity index (χ1n) is 7.44. The molecule has 3 rings (SSSR count). The maximum absolute atomic E-state index is 9.55. The van der Waals surface area contributed by atoms with E-state index in [9.17, 15) is 5.11 Å². The molecule has 5 nitrogen and oxygen atoms in total. The van der Waals surface area contributed by atoms with E-state index >= 15 is 0 Å². The van der Waals surface area contributed by atoms with E-state index in [1.54, 1.807) is 29.9 Å². The third kappa shape index (κ3) is 4.34. The number of hydrogen-bond donors (Lipinski definition) is 2. The molecular weight excluding hydrogens is 308 g/mol. The van der Waals surface area contributed by atoms with Crippen LogP contribution in [0.2, 0.25) is 0 Å². The molecule has 118 valence electrons. The SMILES string of the molecule is OC[C@H](CNc1nccc(-c2cccnc2)n1)Cc1ccsc1. The summed E-state index contributed by atoms with van der Waals surface area (Å²) in [6.07, 6.45) is 6.08. The monoisotopic (exact) mass is 326 g/mol. The number of aliphatic hydroxyl groups is 1. The fourth-order valence-corrected chi connectivity index (χ4v) is 2.98. The zero-order valence-corrected chi connectivity index (χ0v) is 13.4. The molecule has 0 fully saturated rings. The molecule has 0 amide bonds. The molecule has 2 N–H and O–H groups in total. The lowest BCUT2D eigenvalue weighted by Gasteiger charge is -2.14. The number of pyridine rings is 1. The molecular formula is C17H18N4OS. The van der Waals surface area contributed by atoms with E-state index in [4.69, 9.17) is 0 Å². The van der Waals surface area contributed by atoms with Gasteiger partial charge in [0.05, 0.1) is 5.69 Å². The molecule has 0 radical (unpaired) electrons. The Hall–Kier alpha value is -2.31. The van der Waals surface area contributed by atoms with Crippen molar-refractivity contribution in [3.8, 4) is 11.3 Å². The van der Waals surface area contributed by atoms with Gasteiger partial charge in [-0.3, -0.25) is 4.98 Å². The van der Waals surface area contributed by atoms with Crippen LogP contribution in [-0.2, 0) is 6.42 Å². The van der Waals surface area contributed by atoms with Crippen molar-refractivity contribution in [2.45, 2.75) is 6.42 Å². The van der Waals surface area contributed by atoms with E-state index in [1.165, 1.54) is 5.56 Å². The van der Waals surface area contributed by atoms with Crippen LogP contribution in [0.1, 0.15) is 5.56 Å². The molecule has 0 unspecified atom stereocenters. The second-order valence-corrected chi connectivity index (χ2v) is 6.05. The Labute approximate surface area is 139 Å². The zero-order valence-electron chi connectivity index (χ0n) is 12.6. The van der Waals surface area contributed by atoms with Crippen LogP contribution in [0.5, 0.6) is 0 Å². The molecule has 3 aromatic heterocycles. The molecule has 6 heteroatoms. The van der Waals surface area contributed by atoms with Gasteiger partial charge in [-0.1, -0.05) is 0 Å². The van der Waals surface area contributed by atoms with Gasteiger partial charge in [0.25, 0.3) is 0 Å². The largest absolute Gasteiger partial charge is 0.396 e. The third-order valence-corrected chi connectivity index (χ3v) is 4.26. The Morgan fingerprint density at radius 1 is 1.22 bits per heavy atom. The summed E-state index contributed by atoms with van der Waals surface area (Å²) in [5.41, 5.74) is 3.03. The summed E-state index contributed by atoms with van der Waals surface area (Å²) in [5.74, 6) is 0.699. The summed E-state index contributed by atoms with van der Waals surface area (Å²) >= 11 is 1.67. The highest BCUT2D eigenvalue weighted by Crippen LogP contribution is 2.17. The van der Waals surface area contributed by atoms with E-state index in [0.717, 1.165) is 17.7 Å². The topological polar surface area (TPSA) is 70.9 Å². The van der Waals surface area contributed by atoms with Gasteiger partial charge in [0, 0.05) is 43.2 Å². The predicted molar refractivity (Wildman–Crippen MR) is 92.4 cm³/mol. The first-order chi connectivity index (χ1) is 11.3. The molecule has 0 aliphatic rings. The van der Waals surface area contributed by atoms with Gasteiger partial charge >= 0.3 is 0 Å². The van der Waals surface area contributed by atoms with Crippen LogP contribution in [0.15, 0.2) is 53.6 Å². The lowest BCUT2D eigenvalue weighted by molar-refractivity contribution is 0.232. The number of aliphatic hydroxyl groups excluding tert-OH is 1. The number of nitrogens with one attached hydrogen (secondary N) is 1. The minimum Gasteiger partial charge on any atom is -0.396 e. The Morgan fingerprint density at radius 3 is 2.91 bits per heavy atom. The van der Waals surface area contributed by atoms with Crippen molar-refractivity contribution in [2.75, 3.05) is 18.5 Å². The predicted octanol–water partition coefficient (Wildman–Crippen LogP) is 2.86. The number of hydrogen-bond acceptors (Lipinski definition) is 6. The van der Waals surface area contributed by atoms with Gasteiger partial charge < -0.3 is 10.4 Å². The molecule has 0 saturated heterocycles. The molecule has 23 heavy (non-hydrogen) atoms. The van der Waals surface area contributed by atoms with Gasteiger partial charge in [0.2, 0.25) is 5.95 Å². The molecule has 3 heterocycles. The maximum atomic E-state index is 9.55. The summed E-state index contributed by atoms with van der Waals surface area (Å²) in [7, 11) is 0. The van der Waals surface area contributed by atoms with Gasteiger partial charge in [-0.05, 0) is 47.0 Å². The molecule has 0 bridgehead atoms. The summed E-state index contributed by atoms with van der Waals surface area (Å²) in [5, 5.41) is 16.9.